The van der Waals surface area contributed by atoms with Crippen molar-refractivity contribution in [3.8, 4) is 0 Å². The van der Waals surface area contributed by atoms with Crippen LogP contribution in [-0.2, 0) is 0 Å². The quantitative estimate of drug-likeness (QED) is 0.416. The first-order valence-corrected chi connectivity index (χ1v) is 11.7. The molecule has 5 rings (SSSR count). The van der Waals surface area contributed by atoms with Crippen LogP contribution in [0.4, 0.5) is 11.4 Å². The fourth-order valence-corrected chi connectivity index (χ4v) is 4.45. The average Bonchev–Trinajstić information content (AvgIpc) is 2.89. The lowest BCUT2D eigenvalue weighted by Gasteiger charge is -2.36. The van der Waals surface area contributed by atoms with Crippen molar-refractivity contribution in [2.45, 2.75) is 0 Å². The average molecular weight is 470 g/mol. The Kier molecular flexibility index (Phi) is 6.19. The zero-order chi connectivity index (χ0) is 23.5. The van der Waals surface area contributed by atoms with Crippen LogP contribution in [0.3, 0.4) is 0 Å². The molecule has 5 nitrogen and oxygen atoms in total. The molecule has 1 fully saturated rings. The van der Waals surface area contributed by atoms with E-state index in [9.17, 15) is 9.59 Å². The van der Waals surface area contributed by atoms with E-state index in [0.29, 0.717) is 29.2 Å². The predicted octanol–water partition coefficient (Wildman–Crippen LogP) is 5.71. The number of anilines is 2. The van der Waals surface area contributed by atoms with Crippen molar-refractivity contribution in [1.29, 1.82) is 0 Å². The largest absolute Gasteiger partial charge is 0.368 e. The fraction of sp³-hybridized carbons (Fsp3) is 0.143. The zero-order valence-corrected chi connectivity index (χ0v) is 19.3. The Morgan fingerprint density at radius 3 is 2.15 bits per heavy atom. The molecule has 0 bridgehead atoms. The lowest BCUT2D eigenvalue weighted by Crippen LogP contribution is -2.48. The van der Waals surface area contributed by atoms with E-state index in [1.54, 1.807) is 24.3 Å². The van der Waals surface area contributed by atoms with Gasteiger partial charge in [0.05, 0.1) is 0 Å². The van der Waals surface area contributed by atoms with Crippen LogP contribution in [0.25, 0.3) is 10.8 Å². The molecular formula is C28H24ClN3O2. The van der Waals surface area contributed by atoms with Gasteiger partial charge in [0.15, 0.2) is 0 Å². The summed E-state index contributed by atoms with van der Waals surface area (Å²) in [6, 6.07) is 28.5. The minimum absolute atomic E-state index is 0.0304. The Bertz CT molecular complexity index is 1320. The third-order valence-electron chi connectivity index (χ3n) is 6.18. The first kappa shape index (κ1) is 22.0. The van der Waals surface area contributed by atoms with Gasteiger partial charge in [0.2, 0.25) is 0 Å². The van der Waals surface area contributed by atoms with Crippen molar-refractivity contribution in [3.05, 3.63) is 107 Å². The molecule has 1 aliphatic rings. The van der Waals surface area contributed by atoms with Gasteiger partial charge in [-0.05, 0) is 65.4 Å². The van der Waals surface area contributed by atoms with E-state index in [2.05, 4.69) is 10.2 Å². The third-order valence-corrected chi connectivity index (χ3v) is 6.43. The number of amides is 2. The van der Waals surface area contributed by atoms with Gasteiger partial charge in [-0.25, -0.2) is 0 Å². The molecule has 1 saturated heterocycles. The highest BCUT2D eigenvalue weighted by molar-refractivity contribution is 6.30. The second-order valence-corrected chi connectivity index (χ2v) is 8.75. The van der Waals surface area contributed by atoms with Gasteiger partial charge < -0.3 is 15.1 Å². The number of halogens is 1. The SMILES string of the molecule is O=C(Nc1ccc(N2CCN(C(=O)c3ccc(Cl)cc3)CC2)cc1)c1cccc2ccccc12. The zero-order valence-electron chi connectivity index (χ0n) is 18.6. The Morgan fingerprint density at radius 2 is 1.41 bits per heavy atom. The standard InChI is InChI=1S/C28H24ClN3O2/c29-22-10-8-21(9-11-22)28(34)32-18-16-31(17-19-32)24-14-12-23(13-15-24)30-27(33)26-7-3-5-20-4-1-2-6-25(20)26/h1-15H,16-19H2,(H,30,33). The van der Waals surface area contributed by atoms with Crippen LogP contribution < -0.4 is 10.2 Å². The number of fused-ring (bicyclic) bond motifs is 1. The Labute approximate surface area is 203 Å². The van der Waals surface area contributed by atoms with Gasteiger partial charge in [-0.1, -0.05) is 48.0 Å². The summed E-state index contributed by atoms with van der Waals surface area (Å²) in [6.07, 6.45) is 0. The molecule has 1 aliphatic heterocycles. The Morgan fingerprint density at radius 1 is 0.735 bits per heavy atom. The Hall–Kier alpha value is -3.83. The van der Waals surface area contributed by atoms with E-state index in [-0.39, 0.29) is 11.8 Å². The molecule has 34 heavy (non-hydrogen) atoms. The smallest absolute Gasteiger partial charge is 0.256 e. The number of hydrogen-bond donors (Lipinski definition) is 1. The highest BCUT2D eigenvalue weighted by Gasteiger charge is 2.22. The van der Waals surface area contributed by atoms with Crippen molar-refractivity contribution in [3.63, 3.8) is 0 Å². The molecule has 0 atom stereocenters. The molecule has 4 aromatic rings. The molecule has 0 radical (unpaired) electrons. The summed E-state index contributed by atoms with van der Waals surface area (Å²) in [4.78, 5) is 29.7. The summed E-state index contributed by atoms with van der Waals surface area (Å²) < 4.78 is 0. The maximum absolute atomic E-state index is 12.9. The van der Waals surface area contributed by atoms with Crippen molar-refractivity contribution in [1.82, 2.24) is 4.90 Å². The number of carbonyl (C=O) groups is 2. The monoisotopic (exact) mass is 469 g/mol. The molecule has 170 valence electrons. The van der Waals surface area contributed by atoms with Gasteiger partial charge in [0.1, 0.15) is 0 Å². The number of benzene rings is 4. The van der Waals surface area contributed by atoms with Crippen LogP contribution in [0.15, 0.2) is 91.0 Å². The fourth-order valence-electron chi connectivity index (χ4n) is 4.32. The molecule has 1 heterocycles. The van der Waals surface area contributed by atoms with Crippen LogP contribution in [0.2, 0.25) is 5.02 Å². The Balaban J connectivity index is 1.20. The topological polar surface area (TPSA) is 52.7 Å². The second-order valence-electron chi connectivity index (χ2n) is 8.31. The summed E-state index contributed by atoms with van der Waals surface area (Å²) in [6.45, 7) is 2.81. The maximum Gasteiger partial charge on any atom is 0.256 e. The molecule has 6 heteroatoms. The molecular weight excluding hydrogens is 446 g/mol. The van der Waals surface area contributed by atoms with Crippen LogP contribution in [0.5, 0.6) is 0 Å². The van der Waals surface area contributed by atoms with Crippen molar-refractivity contribution >= 4 is 45.6 Å². The minimum atomic E-state index is -0.126. The molecule has 4 aromatic carbocycles. The number of nitrogens with one attached hydrogen (secondary N) is 1. The summed E-state index contributed by atoms with van der Waals surface area (Å²) in [5.41, 5.74) is 3.13. The second kappa shape index (κ2) is 9.57. The first-order valence-electron chi connectivity index (χ1n) is 11.3. The van der Waals surface area contributed by atoms with Crippen LogP contribution in [0.1, 0.15) is 20.7 Å². The molecule has 0 spiro atoms. The van der Waals surface area contributed by atoms with Crippen molar-refractivity contribution in [2.75, 3.05) is 36.4 Å². The number of nitrogens with zero attached hydrogens (tertiary/aromatic N) is 2. The lowest BCUT2D eigenvalue weighted by atomic mass is 10.0. The number of rotatable bonds is 4. The van der Waals surface area contributed by atoms with E-state index >= 15 is 0 Å². The third kappa shape index (κ3) is 4.61. The highest BCUT2D eigenvalue weighted by atomic mass is 35.5. The molecule has 0 unspecified atom stereocenters. The summed E-state index contributed by atoms with van der Waals surface area (Å²) in [5.74, 6) is -0.0957. The van der Waals surface area contributed by atoms with E-state index in [1.807, 2.05) is 71.6 Å². The lowest BCUT2D eigenvalue weighted by molar-refractivity contribution is 0.0746. The van der Waals surface area contributed by atoms with Gasteiger partial charge in [-0.3, -0.25) is 9.59 Å². The van der Waals surface area contributed by atoms with E-state index in [0.717, 1.165) is 35.2 Å². The van der Waals surface area contributed by atoms with Gasteiger partial charge in [-0.2, -0.15) is 0 Å². The minimum Gasteiger partial charge on any atom is -0.368 e. The number of hydrogen-bond acceptors (Lipinski definition) is 3. The normalized spacial score (nSPS) is 13.7. The van der Waals surface area contributed by atoms with Crippen LogP contribution >= 0.6 is 11.6 Å². The number of carbonyl (C=O) groups excluding carboxylic acids is 2. The van der Waals surface area contributed by atoms with Gasteiger partial charge >= 0.3 is 0 Å². The van der Waals surface area contributed by atoms with Gasteiger partial charge in [0.25, 0.3) is 11.8 Å². The first-order chi connectivity index (χ1) is 16.6. The van der Waals surface area contributed by atoms with Crippen LogP contribution in [-0.4, -0.2) is 42.9 Å². The molecule has 1 N–H and O–H groups in total. The highest BCUT2D eigenvalue weighted by Crippen LogP contribution is 2.23. The molecule has 0 aromatic heterocycles. The summed E-state index contributed by atoms with van der Waals surface area (Å²) >= 11 is 5.93. The summed E-state index contributed by atoms with van der Waals surface area (Å²) in [7, 11) is 0. The van der Waals surface area contributed by atoms with E-state index in [4.69, 9.17) is 11.6 Å². The van der Waals surface area contributed by atoms with E-state index in [1.165, 1.54) is 0 Å². The van der Waals surface area contributed by atoms with Crippen LogP contribution in [0, 0.1) is 0 Å². The van der Waals surface area contributed by atoms with Crippen molar-refractivity contribution < 1.29 is 9.59 Å². The van der Waals surface area contributed by atoms with E-state index < -0.39 is 0 Å². The molecule has 0 saturated carbocycles. The van der Waals surface area contributed by atoms with Gasteiger partial charge in [-0.15, -0.1) is 0 Å². The predicted molar refractivity (Wildman–Crippen MR) is 138 cm³/mol. The summed E-state index contributed by atoms with van der Waals surface area (Å²) in [5, 5.41) is 5.60. The van der Waals surface area contributed by atoms with Crippen molar-refractivity contribution in [2.24, 2.45) is 0 Å². The number of piperazine rings is 1. The maximum atomic E-state index is 12.9. The molecule has 0 aliphatic carbocycles. The van der Waals surface area contributed by atoms with Gasteiger partial charge in [0, 0.05) is 53.7 Å². The molecule has 2 amide bonds.